The van der Waals surface area contributed by atoms with Gasteiger partial charge >= 0.3 is 35.8 Å². The minimum Gasteiger partial charge on any atom is -0.481 e. The van der Waals surface area contributed by atoms with E-state index in [2.05, 4.69) is 20.3 Å². The number of hydrogen-bond donors (Lipinski definition) is 8. The summed E-state index contributed by atoms with van der Waals surface area (Å²) in [6.07, 6.45) is 7.99. The van der Waals surface area contributed by atoms with Gasteiger partial charge in [0.15, 0.2) is 0 Å². The predicted octanol–water partition coefficient (Wildman–Crippen LogP) is 4.33. The summed E-state index contributed by atoms with van der Waals surface area (Å²) in [7, 11) is 0. The lowest BCUT2D eigenvalue weighted by Gasteiger charge is -2.37. The molecule has 6 amide bonds. The summed E-state index contributed by atoms with van der Waals surface area (Å²) in [6, 6.07) is -1.66. The van der Waals surface area contributed by atoms with E-state index in [0.717, 1.165) is 38.5 Å². The number of ketones is 6. The fourth-order valence-electron chi connectivity index (χ4n) is 9.70. The van der Waals surface area contributed by atoms with Crippen molar-refractivity contribution >= 4 is 177 Å². The van der Waals surface area contributed by atoms with Crippen molar-refractivity contribution in [3.8, 4) is 0 Å². The molecule has 39 heteroatoms. The molecule has 0 aromatic carbocycles. The molecule has 0 bridgehead atoms. The van der Waals surface area contributed by atoms with Crippen LogP contribution in [0.15, 0.2) is 0 Å². The van der Waals surface area contributed by atoms with E-state index in [1.54, 1.807) is 70.6 Å². The van der Waals surface area contributed by atoms with Gasteiger partial charge in [-0.15, -0.1) is 10.1 Å². The molecule has 2 aliphatic heterocycles. The molecule has 2 heterocycles. The Balaban J connectivity index is 0.000000507. The van der Waals surface area contributed by atoms with E-state index in [9.17, 15) is 91.4 Å². The molecule has 33 nitrogen and oxygen atoms in total. The van der Waals surface area contributed by atoms with Crippen LogP contribution in [0.2, 0.25) is 0 Å². The zero-order valence-corrected chi connectivity index (χ0v) is 67.5. The van der Waals surface area contributed by atoms with Crippen molar-refractivity contribution in [2.75, 3.05) is 87.2 Å². The predicted molar refractivity (Wildman–Crippen MR) is 409 cm³/mol. The Morgan fingerprint density at radius 3 is 0.954 bits per heavy atom. The van der Waals surface area contributed by atoms with Crippen LogP contribution < -0.4 is 22.1 Å². The highest BCUT2D eigenvalue weighted by atomic mass is 32.2. The van der Waals surface area contributed by atoms with Crippen LogP contribution in [0, 0.1) is 23.7 Å². The van der Waals surface area contributed by atoms with Crippen molar-refractivity contribution in [3.05, 3.63) is 0 Å². The van der Waals surface area contributed by atoms with Crippen LogP contribution in [0.4, 0.5) is 0 Å². The van der Waals surface area contributed by atoms with Gasteiger partial charge < -0.3 is 66.4 Å². The number of nitrogens with zero attached hydrogens (tertiary/aromatic N) is 2. The summed E-state index contributed by atoms with van der Waals surface area (Å²) in [5, 5.41) is 44.2. The Kier molecular flexibility index (Phi) is 50.3. The molecule has 5 aliphatic rings. The fraction of sp³-hybridized carbons (Fsp3) is 0.743. The normalized spacial score (nSPS) is 20.0. The highest BCUT2D eigenvalue weighted by Crippen LogP contribution is 2.44. The number of ether oxygens (including phenoxy) is 3. The largest absolute Gasteiger partial charge is 0.481 e. The van der Waals surface area contributed by atoms with Crippen LogP contribution in [-0.2, 0) is 110 Å². The maximum Gasteiger partial charge on any atom is 0.335 e. The number of carboxylic acids is 4. The fourth-order valence-corrected chi connectivity index (χ4v) is 19.4. The zero-order chi connectivity index (χ0) is 81.7. The molecule has 0 spiro atoms. The van der Waals surface area contributed by atoms with E-state index < -0.39 is 83.4 Å². The van der Waals surface area contributed by atoms with Gasteiger partial charge in [-0.3, -0.25) is 76.7 Å². The second kappa shape index (κ2) is 55.4. The van der Waals surface area contributed by atoms with Gasteiger partial charge in [-0.1, -0.05) is 13.8 Å². The van der Waals surface area contributed by atoms with Gasteiger partial charge in [0.05, 0.1) is 83.3 Å². The summed E-state index contributed by atoms with van der Waals surface area (Å²) in [5.41, 5.74) is 10.9. The van der Waals surface area contributed by atoms with Crippen molar-refractivity contribution in [2.24, 2.45) is 35.1 Å². The van der Waals surface area contributed by atoms with E-state index in [0.29, 0.717) is 102 Å². The molecule has 0 aromatic heterocycles. The molecule has 3 aliphatic carbocycles. The standard InChI is InChI=1S/C26H42N2O7S2.C20H32O7S2.C14H16N2O9.C10H18N2O4S2/c1-5-20(25(33)27-13-18(3)30)15-36-23-6-7-24(23)37-16-21(26(34)28-14-19(4)31)12-22(32)9-11-35-10-8-17(2)29;1-3-14(19(23)24)11-28-17-4-5-18(17)29-12-15(20(25)26)10-16(22)7-9-27-8-6-13(2)21;17-9-1-2-10(18)15(9)24-13(21)5-7-23-8-6-14(22)25-16-11(19)3-4-12(16)20;11-5(9(13)14)3-17-7-1-2-8(7)18-4-6(12)10(15)16/h20-21,23-24H,5-16H2,1-4H3,(H,27,33)(H,28,34);14-15,17-18H,3-12H2,1-2H3,(H,23,24)(H,25,26);1-8H2;5-8H,1-4,11-12H2,(H,13,14)(H,15,16). The molecule has 5 fully saturated rings. The third-order valence-electron chi connectivity index (χ3n) is 17.1. The Labute approximate surface area is 660 Å². The van der Waals surface area contributed by atoms with E-state index in [1.807, 2.05) is 13.8 Å². The monoisotopic (exact) mass is 1660 g/mol. The summed E-state index contributed by atoms with van der Waals surface area (Å²) in [5.74, 6) is -7.34. The van der Waals surface area contributed by atoms with Crippen molar-refractivity contribution in [1.82, 2.24) is 20.8 Å². The van der Waals surface area contributed by atoms with Gasteiger partial charge in [0.1, 0.15) is 46.8 Å². The van der Waals surface area contributed by atoms with E-state index in [4.69, 9.17) is 41.0 Å². The Bertz CT molecular complexity index is 2970. The zero-order valence-electron chi connectivity index (χ0n) is 62.6. The first kappa shape index (κ1) is 99.0. The number of carbonyl (C=O) groups is 18. The molecule has 5 rings (SSSR count). The number of aliphatic carboxylic acids is 4. The number of carboxylic acid groups (broad SMARTS) is 4. The molecule has 2 saturated heterocycles. The number of nitrogens with one attached hydrogen (secondary N) is 2. The third-order valence-corrected chi connectivity index (χ3v) is 27.0. The molecule has 0 aromatic rings. The lowest BCUT2D eigenvalue weighted by molar-refractivity contribution is -0.199. The van der Waals surface area contributed by atoms with E-state index in [1.165, 1.54) is 27.7 Å². The van der Waals surface area contributed by atoms with Crippen molar-refractivity contribution < 1.29 is 131 Å². The van der Waals surface area contributed by atoms with Crippen LogP contribution in [0.3, 0.4) is 0 Å². The lowest BCUT2D eigenvalue weighted by atomic mass is 9.99. The van der Waals surface area contributed by atoms with Gasteiger partial charge in [-0.25, -0.2) is 9.59 Å². The van der Waals surface area contributed by atoms with Gasteiger partial charge in [-0.2, -0.15) is 70.6 Å². The van der Waals surface area contributed by atoms with Crippen molar-refractivity contribution in [3.63, 3.8) is 0 Å². The average Bonchev–Trinajstić information content (AvgIpc) is 1.77. The molecule has 10 N–H and O–H groups in total. The number of amides is 6. The number of nitrogens with two attached hydrogens (primary N) is 2. The molecule has 109 heavy (non-hydrogen) atoms. The first-order valence-corrected chi connectivity index (χ1v) is 42.4. The molecular formula is C70H108N6O27S6. The van der Waals surface area contributed by atoms with Gasteiger partial charge in [-0.05, 0) is 79.1 Å². The second-order valence-corrected chi connectivity index (χ2v) is 33.9. The van der Waals surface area contributed by atoms with Crippen molar-refractivity contribution in [2.45, 2.75) is 214 Å². The maximum atomic E-state index is 12.7. The molecule has 616 valence electrons. The first-order chi connectivity index (χ1) is 51.6. The smallest absolute Gasteiger partial charge is 0.335 e. The lowest BCUT2D eigenvalue weighted by Crippen LogP contribution is -2.39. The molecular weight excluding hydrogens is 1550 g/mol. The summed E-state index contributed by atoms with van der Waals surface area (Å²) < 4.78 is 15.6. The Morgan fingerprint density at radius 1 is 0.385 bits per heavy atom. The minimum atomic E-state index is -0.987. The molecule has 12 atom stereocenters. The van der Waals surface area contributed by atoms with Gasteiger partial charge in [0.2, 0.25) is 11.8 Å². The van der Waals surface area contributed by atoms with Crippen LogP contribution in [-0.4, -0.2) is 267 Å². The summed E-state index contributed by atoms with van der Waals surface area (Å²) >= 11 is 9.78. The number of thioether (sulfide) groups is 6. The molecule has 12 unspecified atom stereocenters. The summed E-state index contributed by atoms with van der Waals surface area (Å²) in [6.45, 7) is 10.4. The van der Waals surface area contributed by atoms with E-state index in [-0.39, 0.29) is 175 Å². The average molecular weight is 1660 g/mol. The molecule has 3 saturated carbocycles. The summed E-state index contributed by atoms with van der Waals surface area (Å²) in [4.78, 5) is 215. The minimum absolute atomic E-state index is 0.00669. The van der Waals surface area contributed by atoms with Crippen LogP contribution in [0.5, 0.6) is 0 Å². The Hall–Kier alpha value is -6.04. The number of hydrogen-bond acceptors (Lipinski definition) is 31. The van der Waals surface area contributed by atoms with Crippen molar-refractivity contribution in [1.29, 1.82) is 0 Å². The third kappa shape index (κ3) is 42.4. The highest BCUT2D eigenvalue weighted by molar-refractivity contribution is 8.04. The number of imide groups is 2. The quantitative estimate of drug-likeness (QED) is 0.0310. The maximum absolute atomic E-state index is 12.7. The topological polar surface area (TPSA) is 517 Å². The van der Waals surface area contributed by atoms with Gasteiger partial charge in [0, 0.05) is 136 Å². The molecule has 0 radical (unpaired) electrons. The van der Waals surface area contributed by atoms with Crippen LogP contribution in [0.25, 0.3) is 0 Å². The Morgan fingerprint density at radius 2 is 0.661 bits per heavy atom. The SMILES string of the molecule is CCC(CSC1CCC1SCC(CC(=O)CCOCCC(C)=O)C(=O)NCC(C)=O)C(=O)NCC(C)=O.CCC(CSC1CCC1SCC(CC(=O)CCOCCC(C)=O)C(=O)O)C(=O)O.NC(CSC1CCC1SCC(N)C(=O)O)C(=O)O.O=C(CCOCCC(=O)ON1C(=O)CCC1=O)ON1C(=O)CCC1=O. The number of rotatable bonds is 54. The second-order valence-electron chi connectivity index (χ2n) is 26.3. The van der Waals surface area contributed by atoms with Crippen LogP contribution in [0.1, 0.15) is 170 Å². The number of carbonyl (C=O) groups excluding carboxylic acids is 14. The highest BCUT2D eigenvalue weighted by Gasteiger charge is 2.39. The van der Waals surface area contributed by atoms with Gasteiger partial charge in [0.25, 0.3) is 23.6 Å². The first-order valence-electron chi connectivity index (χ1n) is 36.1. The number of hydroxylamine groups is 4. The number of Topliss-reactive ketones (excluding diaryl/α,β-unsaturated/α-hetero) is 6. The van der Waals surface area contributed by atoms with Crippen LogP contribution >= 0.6 is 70.6 Å². The van der Waals surface area contributed by atoms with E-state index >= 15 is 0 Å².